The first-order valence-electron chi connectivity index (χ1n) is 10.7. The number of nitrogens with two attached hydrogens (primary N) is 1. The van der Waals surface area contributed by atoms with Crippen LogP contribution in [0, 0.1) is 5.92 Å². The van der Waals surface area contributed by atoms with Crippen LogP contribution in [0.1, 0.15) is 36.7 Å². The molecule has 4 amide bonds. The first kappa shape index (κ1) is 25.4. The average Bonchev–Trinajstić information content (AvgIpc) is 2.76. The van der Waals surface area contributed by atoms with E-state index in [0.717, 1.165) is 0 Å². The number of carbonyl (C=O) groups is 4. The molecule has 0 fully saturated rings. The lowest BCUT2D eigenvalue weighted by atomic mass is 10.0. The zero-order valence-electron chi connectivity index (χ0n) is 19.0. The SMILES string of the molecule is CCOC(=O)CN(Cc1cccc(NC(N)=O)c1)C(=O)C(NC(=O)c1ccccc1)C(C)C. The Morgan fingerprint density at radius 3 is 2.33 bits per heavy atom. The first-order valence-corrected chi connectivity index (χ1v) is 10.7. The third kappa shape index (κ3) is 7.95. The Balaban J connectivity index is 2.27. The highest BCUT2D eigenvalue weighted by atomic mass is 16.5. The minimum absolute atomic E-state index is 0.0658. The number of primary amides is 1. The molecule has 33 heavy (non-hydrogen) atoms. The summed E-state index contributed by atoms with van der Waals surface area (Å²) in [5.41, 5.74) is 6.73. The number of benzene rings is 2. The van der Waals surface area contributed by atoms with Gasteiger partial charge in [-0.3, -0.25) is 14.4 Å². The molecule has 0 aliphatic heterocycles. The standard InChI is InChI=1S/C24H30N4O5/c1-4-33-20(29)15-28(14-17-9-8-12-19(13-17)26-24(25)32)23(31)21(16(2)3)27-22(30)18-10-6-5-7-11-18/h5-13,16,21H,4,14-15H2,1-3H3,(H,27,30)(H3,25,26,32). The molecule has 176 valence electrons. The summed E-state index contributed by atoms with van der Waals surface area (Å²) >= 11 is 0. The van der Waals surface area contributed by atoms with E-state index in [1.807, 2.05) is 13.8 Å². The number of hydrogen-bond acceptors (Lipinski definition) is 5. The molecule has 1 atom stereocenters. The minimum atomic E-state index is -0.862. The maximum atomic E-state index is 13.5. The van der Waals surface area contributed by atoms with Crippen LogP contribution in [0.15, 0.2) is 54.6 Å². The van der Waals surface area contributed by atoms with E-state index in [9.17, 15) is 19.2 Å². The fraction of sp³-hybridized carbons (Fsp3) is 0.333. The van der Waals surface area contributed by atoms with Crippen molar-refractivity contribution in [1.82, 2.24) is 10.2 Å². The molecule has 0 aliphatic carbocycles. The lowest BCUT2D eigenvalue weighted by Gasteiger charge is -2.29. The van der Waals surface area contributed by atoms with Crippen LogP contribution in [-0.4, -0.2) is 47.9 Å². The predicted molar refractivity (Wildman–Crippen MR) is 124 cm³/mol. The second kappa shape index (κ2) is 12.2. The topological polar surface area (TPSA) is 131 Å². The Labute approximate surface area is 193 Å². The van der Waals surface area contributed by atoms with Gasteiger partial charge in [0.05, 0.1) is 6.61 Å². The van der Waals surface area contributed by atoms with Crippen molar-refractivity contribution < 1.29 is 23.9 Å². The minimum Gasteiger partial charge on any atom is -0.465 e. The number of nitrogens with one attached hydrogen (secondary N) is 2. The van der Waals surface area contributed by atoms with Gasteiger partial charge in [-0.25, -0.2) is 4.79 Å². The van der Waals surface area contributed by atoms with Gasteiger partial charge in [0.25, 0.3) is 5.91 Å². The monoisotopic (exact) mass is 454 g/mol. The lowest BCUT2D eigenvalue weighted by molar-refractivity contribution is -0.150. The number of urea groups is 1. The number of ether oxygens (including phenoxy) is 1. The summed E-state index contributed by atoms with van der Waals surface area (Å²) in [6.07, 6.45) is 0. The molecule has 0 saturated carbocycles. The van der Waals surface area contributed by atoms with Crippen LogP contribution in [0.5, 0.6) is 0 Å². The van der Waals surface area contributed by atoms with Gasteiger partial charge in [0.15, 0.2) is 0 Å². The molecule has 4 N–H and O–H groups in total. The molecule has 0 aromatic heterocycles. The van der Waals surface area contributed by atoms with Gasteiger partial charge in [0.1, 0.15) is 12.6 Å². The smallest absolute Gasteiger partial charge is 0.325 e. The van der Waals surface area contributed by atoms with E-state index in [1.54, 1.807) is 61.5 Å². The van der Waals surface area contributed by atoms with E-state index in [1.165, 1.54) is 4.90 Å². The average molecular weight is 455 g/mol. The zero-order valence-corrected chi connectivity index (χ0v) is 19.0. The number of rotatable bonds is 10. The summed E-state index contributed by atoms with van der Waals surface area (Å²) in [5, 5.41) is 5.27. The number of amides is 4. The zero-order chi connectivity index (χ0) is 24.4. The van der Waals surface area contributed by atoms with Crippen molar-refractivity contribution in [3.63, 3.8) is 0 Å². The Morgan fingerprint density at radius 2 is 1.73 bits per heavy atom. The fourth-order valence-electron chi connectivity index (χ4n) is 3.21. The van der Waals surface area contributed by atoms with E-state index < -0.39 is 23.9 Å². The van der Waals surface area contributed by atoms with Gasteiger partial charge >= 0.3 is 12.0 Å². The van der Waals surface area contributed by atoms with Gasteiger partial charge in [0.2, 0.25) is 5.91 Å². The van der Waals surface area contributed by atoms with Gasteiger partial charge in [-0.1, -0.05) is 44.2 Å². The largest absolute Gasteiger partial charge is 0.465 e. The molecule has 2 aromatic rings. The van der Waals surface area contributed by atoms with Gasteiger partial charge in [-0.05, 0) is 42.7 Å². The van der Waals surface area contributed by atoms with Crippen LogP contribution < -0.4 is 16.4 Å². The molecule has 2 rings (SSSR count). The molecular weight excluding hydrogens is 424 g/mol. The predicted octanol–water partition coefficient (Wildman–Crippen LogP) is 2.52. The third-order valence-corrected chi connectivity index (χ3v) is 4.76. The second-order valence-electron chi connectivity index (χ2n) is 7.75. The molecule has 0 bridgehead atoms. The third-order valence-electron chi connectivity index (χ3n) is 4.76. The molecule has 9 nitrogen and oxygen atoms in total. The van der Waals surface area contributed by atoms with Gasteiger partial charge in [-0.15, -0.1) is 0 Å². The van der Waals surface area contributed by atoms with Crippen LogP contribution in [0.25, 0.3) is 0 Å². The van der Waals surface area contributed by atoms with Crippen molar-refractivity contribution in [2.75, 3.05) is 18.5 Å². The van der Waals surface area contributed by atoms with Crippen molar-refractivity contribution in [2.45, 2.75) is 33.4 Å². The fourth-order valence-corrected chi connectivity index (χ4v) is 3.21. The van der Waals surface area contributed by atoms with Gasteiger partial charge in [0, 0.05) is 17.8 Å². The molecule has 1 unspecified atom stereocenters. The maximum Gasteiger partial charge on any atom is 0.325 e. The molecule has 0 saturated heterocycles. The number of carbonyl (C=O) groups excluding carboxylic acids is 4. The molecule has 0 heterocycles. The van der Waals surface area contributed by atoms with E-state index in [0.29, 0.717) is 16.8 Å². The van der Waals surface area contributed by atoms with Crippen molar-refractivity contribution in [2.24, 2.45) is 11.7 Å². The molecule has 2 aromatic carbocycles. The number of esters is 1. The van der Waals surface area contributed by atoms with E-state index >= 15 is 0 Å². The van der Waals surface area contributed by atoms with E-state index in [2.05, 4.69) is 10.6 Å². The quantitative estimate of drug-likeness (QED) is 0.475. The number of nitrogens with zero attached hydrogens (tertiary/aromatic N) is 1. The number of anilines is 1. The van der Waals surface area contributed by atoms with Crippen LogP contribution in [0.2, 0.25) is 0 Å². The van der Waals surface area contributed by atoms with Gasteiger partial charge < -0.3 is 26.0 Å². The van der Waals surface area contributed by atoms with Crippen LogP contribution in [0.4, 0.5) is 10.5 Å². The highest BCUT2D eigenvalue weighted by Crippen LogP contribution is 2.16. The van der Waals surface area contributed by atoms with Gasteiger partial charge in [-0.2, -0.15) is 0 Å². The Morgan fingerprint density at radius 1 is 1.03 bits per heavy atom. The van der Waals surface area contributed by atoms with E-state index in [4.69, 9.17) is 10.5 Å². The summed E-state index contributed by atoms with van der Waals surface area (Å²) in [4.78, 5) is 50.9. The Bertz CT molecular complexity index is 978. The summed E-state index contributed by atoms with van der Waals surface area (Å²) in [6.45, 7) is 5.26. The Kier molecular flexibility index (Phi) is 9.41. The Hall–Kier alpha value is -3.88. The highest BCUT2D eigenvalue weighted by molar-refractivity contribution is 5.98. The highest BCUT2D eigenvalue weighted by Gasteiger charge is 2.30. The number of hydrogen-bond donors (Lipinski definition) is 3. The molecular formula is C24H30N4O5. The van der Waals surface area contributed by atoms with E-state index in [-0.39, 0.29) is 31.5 Å². The molecule has 9 heteroatoms. The normalized spacial score (nSPS) is 11.4. The molecule has 0 aliphatic rings. The second-order valence-corrected chi connectivity index (χ2v) is 7.75. The summed E-state index contributed by atoms with van der Waals surface area (Å²) in [6, 6.07) is 13.8. The van der Waals surface area contributed by atoms with Crippen molar-refractivity contribution in [1.29, 1.82) is 0 Å². The summed E-state index contributed by atoms with van der Waals surface area (Å²) < 4.78 is 5.03. The van der Waals surface area contributed by atoms with Crippen molar-refractivity contribution in [3.05, 3.63) is 65.7 Å². The van der Waals surface area contributed by atoms with Crippen LogP contribution in [-0.2, 0) is 20.9 Å². The summed E-state index contributed by atoms with van der Waals surface area (Å²) in [5.74, 6) is -1.60. The van der Waals surface area contributed by atoms with Crippen molar-refractivity contribution >= 4 is 29.5 Å². The molecule has 0 spiro atoms. The van der Waals surface area contributed by atoms with Crippen LogP contribution >= 0.6 is 0 Å². The first-order chi connectivity index (χ1) is 15.7. The maximum absolute atomic E-state index is 13.5. The van der Waals surface area contributed by atoms with Crippen molar-refractivity contribution in [3.8, 4) is 0 Å². The molecule has 0 radical (unpaired) electrons. The van der Waals surface area contributed by atoms with Crippen LogP contribution in [0.3, 0.4) is 0 Å². The summed E-state index contributed by atoms with van der Waals surface area (Å²) in [7, 11) is 0. The lowest BCUT2D eigenvalue weighted by Crippen LogP contribution is -2.52.